The Morgan fingerprint density at radius 3 is 1.32 bits per heavy atom. The van der Waals surface area contributed by atoms with Gasteiger partial charge < -0.3 is 9.13 Å². The second kappa shape index (κ2) is 13.0. The van der Waals surface area contributed by atoms with Crippen molar-refractivity contribution in [2.75, 3.05) is 0 Å². The highest BCUT2D eigenvalue weighted by molar-refractivity contribution is 6.12. The Kier molecular flexibility index (Phi) is 7.42. The summed E-state index contributed by atoms with van der Waals surface area (Å²) in [6.45, 7) is 0. The summed E-state index contributed by atoms with van der Waals surface area (Å²) in [4.78, 5) is 15.2. The second-order valence-corrected chi connectivity index (χ2v) is 14.1. The largest absolute Gasteiger partial charge is 0.309 e. The zero-order valence-corrected chi connectivity index (χ0v) is 30.3. The van der Waals surface area contributed by atoms with Crippen LogP contribution in [-0.4, -0.2) is 24.1 Å². The quantitative estimate of drug-likeness (QED) is 0.172. The molecule has 0 saturated carbocycles. The SMILES string of the molecule is c1ccc(-c2ccc(-c3nc(-c4ccccc4)nc(-c4ccc5c(c4)c4ccc(-n6c7ccccc7c7ccccc76)cc4n5-c4ccccc4)n3)cc2)cc1. The van der Waals surface area contributed by atoms with Gasteiger partial charge in [0.05, 0.1) is 22.1 Å². The first-order chi connectivity index (χ1) is 27.8. The predicted octanol–water partition coefficient (Wildman–Crippen LogP) is 12.7. The van der Waals surface area contributed by atoms with E-state index in [9.17, 15) is 0 Å². The van der Waals surface area contributed by atoms with Crippen molar-refractivity contribution in [3.8, 4) is 56.7 Å². The molecule has 56 heavy (non-hydrogen) atoms. The molecule has 0 radical (unpaired) electrons. The fourth-order valence-corrected chi connectivity index (χ4v) is 8.14. The van der Waals surface area contributed by atoms with Crippen molar-refractivity contribution in [2.24, 2.45) is 0 Å². The molecule has 262 valence electrons. The van der Waals surface area contributed by atoms with Crippen molar-refractivity contribution in [1.29, 1.82) is 0 Å². The fourth-order valence-electron chi connectivity index (χ4n) is 8.14. The number of nitrogens with zero attached hydrogens (tertiary/aromatic N) is 5. The molecule has 8 aromatic carbocycles. The van der Waals surface area contributed by atoms with Crippen LogP contribution in [0.4, 0.5) is 0 Å². The number of hydrogen-bond donors (Lipinski definition) is 0. The minimum Gasteiger partial charge on any atom is -0.309 e. The van der Waals surface area contributed by atoms with Gasteiger partial charge in [0, 0.05) is 49.6 Å². The summed E-state index contributed by atoms with van der Waals surface area (Å²) in [5, 5.41) is 4.78. The summed E-state index contributed by atoms with van der Waals surface area (Å²) in [6.07, 6.45) is 0. The van der Waals surface area contributed by atoms with Gasteiger partial charge in [0.25, 0.3) is 0 Å². The molecule has 0 fully saturated rings. The van der Waals surface area contributed by atoms with E-state index in [4.69, 9.17) is 15.0 Å². The fraction of sp³-hybridized carbons (Fsp3) is 0. The van der Waals surface area contributed by atoms with Crippen LogP contribution < -0.4 is 0 Å². The lowest BCUT2D eigenvalue weighted by Crippen LogP contribution is -2.00. The lowest BCUT2D eigenvalue weighted by molar-refractivity contribution is 1.07. The second-order valence-electron chi connectivity index (χ2n) is 14.1. The van der Waals surface area contributed by atoms with Gasteiger partial charge in [-0.25, -0.2) is 15.0 Å². The number of para-hydroxylation sites is 3. The van der Waals surface area contributed by atoms with E-state index in [-0.39, 0.29) is 0 Å². The predicted molar refractivity (Wildman–Crippen MR) is 230 cm³/mol. The van der Waals surface area contributed by atoms with Crippen molar-refractivity contribution >= 4 is 43.6 Å². The van der Waals surface area contributed by atoms with Crippen molar-refractivity contribution in [3.05, 3.63) is 200 Å². The third kappa shape index (κ3) is 5.29. The third-order valence-corrected chi connectivity index (χ3v) is 10.8. The highest BCUT2D eigenvalue weighted by Gasteiger charge is 2.19. The first-order valence-electron chi connectivity index (χ1n) is 18.9. The van der Waals surface area contributed by atoms with E-state index in [2.05, 4.69) is 173 Å². The molecule has 0 atom stereocenters. The number of hydrogen-bond acceptors (Lipinski definition) is 3. The van der Waals surface area contributed by atoms with Crippen LogP contribution in [-0.2, 0) is 0 Å². The normalized spacial score (nSPS) is 11.6. The molecule has 0 aliphatic carbocycles. The average molecular weight is 716 g/mol. The van der Waals surface area contributed by atoms with Crippen LogP contribution in [0, 0.1) is 0 Å². The summed E-state index contributed by atoms with van der Waals surface area (Å²) >= 11 is 0. The molecule has 3 heterocycles. The Hall–Kier alpha value is -7.63. The molecule has 11 rings (SSSR count). The van der Waals surface area contributed by atoms with Crippen LogP contribution >= 0.6 is 0 Å². The smallest absolute Gasteiger partial charge is 0.164 e. The molecule has 5 heteroatoms. The van der Waals surface area contributed by atoms with Gasteiger partial charge in [0.2, 0.25) is 0 Å². The Morgan fingerprint density at radius 1 is 0.250 bits per heavy atom. The molecule has 5 nitrogen and oxygen atoms in total. The molecular formula is C51H33N5. The number of fused-ring (bicyclic) bond motifs is 6. The Morgan fingerprint density at radius 2 is 0.679 bits per heavy atom. The van der Waals surface area contributed by atoms with Crippen molar-refractivity contribution in [3.63, 3.8) is 0 Å². The van der Waals surface area contributed by atoms with Gasteiger partial charge in [-0.3, -0.25) is 0 Å². The maximum Gasteiger partial charge on any atom is 0.164 e. The van der Waals surface area contributed by atoms with Crippen LogP contribution in [0.1, 0.15) is 0 Å². The van der Waals surface area contributed by atoms with Crippen LogP contribution in [0.15, 0.2) is 200 Å². The molecule has 0 aliphatic heterocycles. The van der Waals surface area contributed by atoms with Crippen molar-refractivity contribution in [1.82, 2.24) is 24.1 Å². The maximum absolute atomic E-state index is 5.13. The van der Waals surface area contributed by atoms with E-state index in [0.717, 1.165) is 55.4 Å². The minimum absolute atomic E-state index is 0.630. The van der Waals surface area contributed by atoms with Gasteiger partial charge in [0.15, 0.2) is 17.5 Å². The zero-order chi connectivity index (χ0) is 37.0. The van der Waals surface area contributed by atoms with E-state index in [1.165, 1.54) is 27.4 Å². The topological polar surface area (TPSA) is 48.5 Å². The first-order valence-corrected chi connectivity index (χ1v) is 18.9. The lowest BCUT2D eigenvalue weighted by Gasteiger charge is -2.11. The van der Waals surface area contributed by atoms with E-state index in [1.807, 2.05) is 36.4 Å². The van der Waals surface area contributed by atoms with E-state index < -0.39 is 0 Å². The highest BCUT2D eigenvalue weighted by atomic mass is 15.0. The van der Waals surface area contributed by atoms with E-state index in [1.54, 1.807) is 0 Å². The third-order valence-electron chi connectivity index (χ3n) is 10.8. The van der Waals surface area contributed by atoms with Gasteiger partial charge >= 0.3 is 0 Å². The summed E-state index contributed by atoms with van der Waals surface area (Å²) in [5.41, 5.74) is 12.0. The number of benzene rings is 8. The molecule has 0 spiro atoms. The molecule has 0 N–H and O–H groups in total. The summed E-state index contributed by atoms with van der Waals surface area (Å²) < 4.78 is 4.75. The summed E-state index contributed by atoms with van der Waals surface area (Å²) in [7, 11) is 0. The lowest BCUT2D eigenvalue weighted by atomic mass is 10.0. The van der Waals surface area contributed by atoms with Crippen LogP contribution in [0.2, 0.25) is 0 Å². The number of aromatic nitrogens is 5. The monoisotopic (exact) mass is 715 g/mol. The van der Waals surface area contributed by atoms with E-state index in [0.29, 0.717) is 17.5 Å². The molecule has 0 aliphatic rings. The molecule has 0 saturated heterocycles. The van der Waals surface area contributed by atoms with Crippen LogP contribution in [0.3, 0.4) is 0 Å². The number of rotatable bonds is 6. The molecule has 0 bridgehead atoms. The molecule has 11 aromatic rings. The standard InChI is InChI=1S/C51H33N5/c1-4-14-34(15-5-1)35-24-26-37(27-25-35)50-52-49(36-16-6-2-7-17-36)53-51(54-50)38-28-31-47-44(32-38)43-30-29-40(33-48(43)55(47)39-18-8-3-9-19-39)56-45-22-12-10-20-41(45)42-21-11-13-23-46(42)56/h1-33H. The van der Waals surface area contributed by atoms with E-state index >= 15 is 0 Å². The first kappa shape index (κ1) is 31.9. The maximum atomic E-state index is 5.13. The molecule has 0 unspecified atom stereocenters. The molecular weight excluding hydrogens is 683 g/mol. The zero-order valence-electron chi connectivity index (χ0n) is 30.3. The van der Waals surface area contributed by atoms with Crippen molar-refractivity contribution < 1.29 is 0 Å². The van der Waals surface area contributed by atoms with Gasteiger partial charge in [-0.1, -0.05) is 146 Å². The van der Waals surface area contributed by atoms with Gasteiger partial charge in [-0.15, -0.1) is 0 Å². The van der Waals surface area contributed by atoms with Crippen LogP contribution in [0.25, 0.3) is 100 Å². The average Bonchev–Trinajstić information content (AvgIpc) is 3.79. The van der Waals surface area contributed by atoms with Gasteiger partial charge in [0.1, 0.15) is 0 Å². The Bertz CT molecular complexity index is 3170. The Labute approximate surface area is 323 Å². The summed E-state index contributed by atoms with van der Waals surface area (Å²) in [5.74, 6) is 1.90. The van der Waals surface area contributed by atoms with Crippen LogP contribution in [0.5, 0.6) is 0 Å². The minimum atomic E-state index is 0.630. The molecule has 3 aromatic heterocycles. The van der Waals surface area contributed by atoms with Gasteiger partial charge in [-0.05, 0) is 65.7 Å². The van der Waals surface area contributed by atoms with Crippen molar-refractivity contribution in [2.45, 2.75) is 0 Å². The highest BCUT2D eigenvalue weighted by Crippen LogP contribution is 2.38. The van der Waals surface area contributed by atoms with Gasteiger partial charge in [-0.2, -0.15) is 0 Å². The Balaban J connectivity index is 1.10. The summed E-state index contributed by atoms with van der Waals surface area (Å²) in [6, 6.07) is 70.4. The molecule has 0 amide bonds.